The Morgan fingerprint density at radius 2 is 1.65 bits per heavy atom. The van der Waals surface area contributed by atoms with Crippen molar-refractivity contribution in [3.8, 4) is 0 Å². The van der Waals surface area contributed by atoms with Gasteiger partial charge in [-0.05, 0) is 61.3 Å². The summed E-state index contributed by atoms with van der Waals surface area (Å²) in [6.45, 7) is 6.86. The van der Waals surface area contributed by atoms with Gasteiger partial charge in [-0.25, -0.2) is 4.39 Å². The van der Waals surface area contributed by atoms with Crippen molar-refractivity contribution in [2.24, 2.45) is 11.3 Å². The van der Waals surface area contributed by atoms with E-state index in [2.05, 4.69) is 26.1 Å². The summed E-state index contributed by atoms with van der Waals surface area (Å²) in [5.41, 5.74) is 0.885. The fraction of sp³-hybridized carbons (Fsp3) is 0.588. The van der Waals surface area contributed by atoms with Crippen LogP contribution in [0, 0.1) is 17.2 Å². The highest BCUT2D eigenvalue weighted by atomic mass is 19.1. The molecule has 2 nitrogen and oxygen atoms in total. The lowest BCUT2D eigenvalue weighted by Crippen LogP contribution is -2.39. The van der Waals surface area contributed by atoms with Crippen LogP contribution in [0.1, 0.15) is 56.8 Å². The molecule has 110 valence electrons. The molecule has 0 bridgehead atoms. The van der Waals surface area contributed by atoms with E-state index < -0.39 is 0 Å². The summed E-state index contributed by atoms with van der Waals surface area (Å²) in [6.07, 6.45) is 4.40. The predicted molar refractivity (Wildman–Crippen MR) is 79.1 cm³/mol. The molecule has 1 aromatic carbocycles. The Morgan fingerprint density at radius 3 is 2.15 bits per heavy atom. The third-order valence-corrected chi connectivity index (χ3v) is 4.39. The van der Waals surface area contributed by atoms with Gasteiger partial charge in [0.1, 0.15) is 5.82 Å². The summed E-state index contributed by atoms with van der Waals surface area (Å²) in [4.78, 5) is 12.1. The zero-order chi connectivity index (χ0) is 14.8. The predicted octanol–water partition coefficient (Wildman–Crippen LogP) is 4.16. The largest absolute Gasteiger partial charge is 0.349 e. The van der Waals surface area contributed by atoms with E-state index in [0.29, 0.717) is 11.0 Å². The van der Waals surface area contributed by atoms with Crippen molar-refractivity contribution < 1.29 is 9.18 Å². The number of carbonyl (C=O) groups excluding carboxylic acids is 1. The molecule has 0 aliphatic heterocycles. The molecule has 1 N–H and O–H groups in total. The van der Waals surface area contributed by atoms with E-state index in [4.69, 9.17) is 0 Å². The number of nitrogens with one attached hydrogen (secondary N) is 1. The van der Waals surface area contributed by atoms with Crippen molar-refractivity contribution in [2.45, 2.75) is 52.5 Å². The van der Waals surface area contributed by atoms with Gasteiger partial charge in [-0.15, -0.1) is 0 Å². The van der Waals surface area contributed by atoms with Gasteiger partial charge in [-0.2, -0.15) is 0 Å². The molecule has 0 radical (unpaired) electrons. The second-order valence-electron chi connectivity index (χ2n) is 6.89. The average molecular weight is 277 g/mol. The Balaban J connectivity index is 1.86. The summed E-state index contributed by atoms with van der Waals surface area (Å²) >= 11 is 0. The van der Waals surface area contributed by atoms with Crippen LogP contribution in [0.2, 0.25) is 0 Å². The van der Waals surface area contributed by atoms with Gasteiger partial charge in [-0.1, -0.05) is 20.8 Å². The van der Waals surface area contributed by atoms with E-state index >= 15 is 0 Å². The van der Waals surface area contributed by atoms with E-state index in [1.54, 1.807) is 0 Å². The van der Waals surface area contributed by atoms with E-state index in [-0.39, 0.29) is 17.8 Å². The number of benzene rings is 1. The quantitative estimate of drug-likeness (QED) is 0.864. The molecule has 1 aromatic rings. The van der Waals surface area contributed by atoms with Crippen LogP contribution in [0.4, 0.5) is 4.39 Å². The molecule has 1 amide bonds. The van der Waals surface area contributed by atoms with Crippen LogP contribution in [0.25, 0.3) is 0 Å². The van der Waals surface area contributed by atoms with E-state index in [1.165, 1.54) is 24.3 Å². The minimum absolute atomic E-state index is 0.0933. The first-order valence-corrected chi connectivity index (χ1v) is 7.42. The highest BCUT2D eigenvalue weighted by Crippen LogP contribution is 2.37. The van der Waals surface area contributed by atoms with Gasteiger partial charge in [0, 0.05) is 11.6 Å². The van der Waals surface area contributed by atoms with Crippen LogP contribution in [0.15, 0.2) is 24.3 Å². The second-order valence-corrected chi connectivity index (χ2v) is 6.89. The maximum Gasteiger partial charge on any atom is 0.251 e. The van der Waals surface area contributed by atoms with Crippen LogP contribution in [-0.4, -0.2) is 11.9 Å². The standard InChI is InChI=1S/C17H24FNO/c1-17(2,3)13-6-10-15(11-7-13)19-16(20)12-4-8-14(18)9-5-12/h4-5,8-9,13,15H,6-7,10-11H2,1-3H3,(H,19,20). The van der Waals surface area contributed by atoms with Crippen LogP contribution >= 0.6 is 0 Å². The lowest BCUT2D eigenvalue weighted by molar-refractivity contribution is 0.0904. The summed E-state index contributed by atoms with van der Waals surface area (Å²) in [6, 6.07) is 5.97. The number of hydrogen-bond donors (Lipinski definition) is 1. The molecule has 1 saturated carbocycles. The van der Waals surface area contributed by atoms with E-state index in [1.807, 2.05) is 0 Å². The van der Waals surface area contributed by atoms with Crippen LogP contribution in [0.5, 0.6) is 0 Å². The zero-order valence-electron chi connectivity index (χ0n) is 12.6. The van der Waals surface area contributed by atoms with Gasteiger partial charge >= 0.3 is 0 Å². The molecule has 3 heteroatoms. The third kappa shape index (κ3) is 3.81. The fourth-order valence-electron chi connectivity index (χ4n) is 2.97. The maximum absolute atomic E-state index is 12.8. The lowest BCUT2D eigenvalue weighted by atomic mass is 9.71. The fourth-order valence-corrected chi connectivity index (χ4v) is 2.97. The molecule has 0 unspecified atom stereocenters. The molecule has 1 aliphatic carbocycles. The molecule has 0 aromatic heterocycles. The molecular weight excluding hydrogens is 253 g/mol. The molecule has 0 heterocycles. The first-order chi connectivity index (χ1) is 9.36. The Morgan fingerprint density at radius 1 is 1.10 bits per heavy atom. The number of hydrogen-bond acceptors (Lipinski definition) is 1. The minimum Gasteiger partial charge on any atom is -0.349 e. The molecule has 2 rings (SSSR count). The van der Waals surface area contributed by atoms with Gasteiger partial charge in [0.05, 0.1) is 0 Å². The first kappa shape index (κ1) is 15.0. The van der Waals surface area contributed by atoms with E-state index in [0.717, 1.165) is 31.6 Å². The van der Waals surface area contributed by atoms with Gasteiger partial charge in [0.2, 0.25) is 0 Å². The SMILES string of the molecule is CC(C)(C)C1CCC(NC(=O)c2ccc(F)cc2)CC1. The molecule has 1 aliphatic rings. The smallest absolute Gasteiger partial charge is 0.251 e. The molecule has 20 heavy (non-hydrogen) atoms. The van der Waals surface area contributed by atoms with Crippen LogP contribution in [0.3, 0.4) is 0 Å². The van der Waals surface area contributed by atoms with Crippen molar-refractivity contribution in [3.63, 3.8) is 0 Å². The molecule has 0 spiro atoms. The Hall–Kier alpha value is -1.38. The molecule has 0 atom stereocenters. The first-order valence-electron chi connectivity index (χ1n) is 7.42. The number of carbonyl (C=O) groups is 1. The van der Waals surface area contributed by atoms with Crippen LogP contribution in [-0.2, 0) is 0 Å². The van der Waals surface area contributed by atoms with Gasteiger partial charge in [0.25, 0.3) is 5.91 Å². The number of rotatable bonds is 2. The summed E-state index contributed by atoms with van der Waals surface area (Å²) < 4.78 is 12.8. The average Bonchev–Trinajstić information content (AvgIpc) is 2.39. The van der Waals surface area contributed by atoms with Crippen molar-refractivity contribution in [3.05, 3.63) is 35.6 Å². The minimum atomic E-state index is -0.313. The van der Waals surface area contributed by atoms with Crippen molar-refractivity contribution >= 4 is 5.91 Å². The Labute approximate surface area is 120 Å². The summed E-state index contributed by atoms with van der Waals surface area (Å²) in [5.74, 6) is 0.331. The highest BCUT2D eigenvalue weighted by molar-refractivity contribution is 5.94. The maximum atomic E-state index is 12.8. The molecule has 1 fully saturated rings. The third-order valence-electron chi connectivity index (χ3n) is 4.39. The van der Waals surface area contributed by atoms with Gasteiger partial charge in [-0.3, -0.25) is 4.79 Å². The number of halogens is 1. The van der Waals surface area contributed by atoms with Crippen LogP contribution < -0.4 is 5.32 Å². The number of amides is 1. The topological polar surface area (TPSA) is 29.1 Å². The van der Waals surface area contributed by atoms with Gasteiger partial charge in [0.15, 0.2) is 0 Å². The Kier molecular flexibility index (Phi) is 4.46. The summed E-state index contributed by atoms with van der Waals surface area (Å²) in [5, 5.41) is 3.07. The monoisotopic (exact) mass is 277 g/mol. The lowest BCUT2D eigenvalue weighted by Gasteiger charge is -2.37. The second kappa shape index (κ2) is 5.94. The van der Waals surface area contributed by atoms with Crippen molar-refractivity contribution in [2.75, 3.05) is 0 Å². The van der Waals surface area contributed by atoms with Crippen molar-refractivity contribution in [1.29, 1.82) is 0 Å². The molecular formula is C17H24FNO. The zero-order valence-corrected chi connectivity index (χ0v) is 12.6. The van der Waals surface area contributed by atoms with E-state index in [9.17, 15) is 9.18 Å². The van der Waals surface area contributed by atoms with Gasteiger partial charge < -0.3 is 5.32 Å². The normalized spacial score (nSPS) is 23.4. The van der Waals surface area contributed by atoms with Crippen molar-refractivity contribution in [1.82, 2.24) is 5.32 Å². The highest BCUT2D eigenvalue weighted by Gasteiger charge is 2.30. The Bertz CT molecular complexity index is 453. The molecule has 0 saturated heterocycles. The summed E-state index contributed by atoms with van der Waals surface area (Å²) in [7, 11) is 0.